The third-order valence-electron chi connectivity index (χ3n) is 6.29. The Morgan fingerprint density at radius 3 is 2.60 bits per heavy atom. The zero-order valence-electron chi connectivity index (χ0n) is 20.1. The summed E-state index contributed by atoms with van der Waals surface area (Å²) in [6.45, 7) is 2.93. The monoisotopic (exact) mass is 480 g/mol. The number of hydrogen-bond donors (Lipinski definition) is 3. The molecule has 0 bridgehead atoms. The van der Waals surface area contributed by atoms with Gasteiger partial charge in [0.15, 0.2) is 0 Å². The molecule has 2 aliphatic rings. The van der Waals surface area contributed by atoms with Gasteiger partial charge in [-0.05, 0) is 49.6 Å². The summed E-state index contributed by atoms with van der Waals surface area (Å²) >= 11 is 0. The second kappa shape index (κ2) is 11.2. The molecule has 0 aliphatic carbocycles. The van der Waals surface area contributed by atoms with Gasteiger partial charge in [-0.15, -0.1) is 0 Å². The first-order valence-corrected chi connectivity index (χ1v) is 12.0. The molecule has 2 aromatic carbocycles. The van der Waals surface area contributed by atoms with Crippen LogP contribution in [0, 0.1) is 0 Å². The molecule has 0 spiro atoms. The van der Waals surface area contributed by atoms with Crippen molar-refractivity contribution in [3.05, 3.63) is 54.1 Å². The van der Waals surface area contributed by atoms with Crippen molar-refractivity contribution in [1.82, 2.24) is 10.2 Å². The van der Waals surface area contributed by atoms with Crippen molar-refractivity contribution in [1.29, 1.82) is 0 Å². The normalized spacial score (nSPS) is 21.5. The van der Waals surface area contributed by atoms with Gasteiger partial charge in [0.25, 0.3) is 5.91 Å². The number of benzene rings is 2. The van der Waals surface area contributed by atoms with E-state index >= 15 is 0 Å². The largest absolute Gasteiger partial charge is 0.490 e. The van der Waals surface area contributed by atoms with Gasteiger partial charge in [-0.3, -0.25) is 9.59 Å². The minimum Gasteiger partial charge on any atom is -0.490 e. The standard InChI is InChI=1S/C26H32N4O5/c1-3-13-27-24(31)15-19-10-11-21-23(35-19)16-34-22-12-9-18(14-20(22)25(32)30(21)2)29-26(33)28-17-7-5-4-6-8-17/h4-9,12,14,19,21,23H,3,10-11,13,15-16H2,1-2H3,(H,27,31)(H2,28,29,33)/t19-,21-,23-/m1/s1. The minimum absolute atomic E-state index is 0.0202. The van der Waals surface area contributed by atoms with E-state index in [1.165, 1.54) is 0 Å². The van der Waals surface area contributed by atoms with Gasteiger partial charge in [0.1, 0.15) is 18.5 Å². The number of amides is 4. The maximum Gasteiger partial charge on any atom is 0.323 e. The Balaban J connectivity index is 1.43. The van der Waals surface area contributed by atoms with E-state index < -0.39 is 6.03 Å². The van der Waals surface area contributed by atoms with Crippen LogP contribution in [0.25, 0.3) is 0 Å². The fourth-order valence-electron chi connectivity index (χ4n) is 4.46. The summed E-state index contributed by atoms with van der Waals surface area (Å²) in [4.78, 5) is 39.5. The van der Waals surface area contributed by atoms with E-state index in [4.69, 9.17) is 9.47 Å². The second-order valence-corrected chi connectivity index (χ2v) is 8.88. The van der Waals surface area contributed by atoms with Crippen molar-refractivity contribution in [2.45, 2.75) is 50.9 Å². The van der Waals surface area contributed by atoms with Crippen LogP contribution in [-0.4, -0.2) is 61.2 Å². The van der Waals surface area contributed by atoms with Crippen molar-refractivity contribution in [2.75, 3.05) is 30.8 Å². The number of para-hydroxylation sites is 1. The Morgan fingerprint density at radius 2 is 1.83 bits per heavy atom. The lowest BCUT2D eigenvalue weighted by atomic mass is 9.94. The Kier molecular flexibility index (Phi) is 7.87. The first-order valence-electron chi connectivity index (χ1n) is 12.0. The molecule has 186 valence electrons. The molecule has 9 nitrogen and oxygen atoms in total. The highest BCUT2D eigenvalue weighted by atomic mass is 16.5. The first kappa shape index (κ1) is 24.5. The molecule has 0 saturated carbocycles. The molecule has 3 N–H and O–H groups in total. The van der Waals surface area contributed by atoms with Crippen LogP contribution in [0.1, 0.15) is 43.0 Å². The van der Waals surface area contributed by atoms with Gasteiger partial charge in [0.2, 0.25) is 5.91 Å². The van der Waals surface area contributed by atoms with Crippen LogP contribution in [0.3, 0.4) is 0 Å². The number of anilines is 2. The van der Waals surface area contributed by atoms with Crippen LogP contribution in [0.2, 0.25) is 0 Å². The highest BCUT2D eigenvalue weighted by Gasteiger charge is 2.39. The number of hydrogen-bond acceptors (Lipinski definition) is 5. The Morgan fingerprint density at radius 1 is 1.06 bits per heavy atom. The van der Waals surface area contributed by atoms with Crippen LogP contribution >= 0.6 is 0 Å². The molecule has 2 aliphatic heterocycles. The summed E-state index contributed by atoms with van der Waals surface area (Å²) in [5.41, 5.74) is 1.53. The third-order valence-corrected chi connectivity index (χ3v) is 6.29. The van der Waals surface area contributed by atoms with Crippen molar-refractivity contribution in [3.8, 4) is 5.75 Å². The Hall–Kier alpha value is -3.59. The van der Waals surface area contributed by atoms with Crippen LogP contribution in [-0.2, 0) is 9.53 Å². The molecule has 35 heavy (non-hydrogen) atoms. The number of likely N-dealkylation sites (N-methyl/N-ethyl adjacent to an activating group) is 1. The fraction of sp³-hybridized carbons (Fsp3) is 0.423. The van der Waals surface area contributed by atoms with Crippen LogP contribution in [0.4, 0.5) is 16.2 Å². The van der Waals surface area contributed by atoms with Crippen LogP contribution in [0.5, 0.6) is 5.75 Å². The van der Waals surface area contributed by atoms with Crippen LogP contribution < -0.4 is 20.7 Å². The number of ether oxygens (including phenoxy) is 2. The van der Waals surface area contributed by atoms with Crippen molar-refractivity contribution in [2.24, 2.45) is 0 Å². The SMILES string of the molecule is CCCNC(=O)C[C@H]1CC[C@@H]2[C@@H](COc3ccc(NC(=O)Nc4ccccc4)cc3C(=O)N2C)O1. The number of nitrogens with zero attached hydrogens (tertiary/aromatic N) is 1. The quantitative estimate of drug-likeness (QED) is 0.585. The molecular weight excluding hydrogens is 448 g/mol. The number of nitrogens with one attached hydrogen (secondary N) is 3. The lowest BCUT2D eigenvalue weighted by Gasteiger charge is -2.42. The van der Waals surface area contributed by atoms with Gasteiger partial charge < -0.3 is 30.3 Å². The molecule has 0 aromatic heterocycles. The van der Waals surface area contributed by atoms with E-state index in [0.29, 0.717) is 42.1 Å². The van der Waals surface area contributed by atoms with E-state index in [2.05, 4.69) is 16.0 Å². The van der Waals surface area contributed by atoms with E-state index in [0.717, 1.165) is 12.8 Å². The lowest BCUT2D eigenvalue weighted by Crippen LogP contribution is -2.54. The second-order valence-electron chi connectivity index (χ2n) is 8.88. The predicted molar refractivity (Wildman–Crippen MR) is 133 cm³/mol. The first-order chi connectivity index (χ1) is 16.9. The molecule has 0 unspecified atom stereocenters. The molecule has 9 heteroatoms. The maximum absolute atomic E-state index is 13.3. The molecule has 0 radical (unpaired) electrons. The van der Waals surface area contributed by atoms with E-state index in [1.807, 2.05) is 25.1 Å². The average Bonchev–Trinajstić information content (AvgIpc) is 2.86. The van der Waals surface area contributed by atoms with Gasteiger partial charge >= 0.3 is 6.03 Å². The summed E-state index contributed by atoms with van der Waals surface area (Å²) in [6, 6.07) is 13.5. The third kappa shape index (κ3) is 6.10. The molecule has 4 rings (SSSR count). The average molecular weight is 481 g/mol. The highest BCUT2D eigenvalue weighted by molar-refractivity contribution is 6.02. The van der Waals surface area contributed by atoms with E-state index in [-0.39, 0.29) is 36.7 Å². The summed E-state index contributed by atoms with van der Waals surface area (Å²) < 4.78 is 12.2. The van der Waals surface area contributed by atoms with E-state index in [9.17, 15) is 14.4 Å². The number of urea groups is 1. The van der Waals surface area contributed by atoms with Crippen molar-refractivity contribution >= 4 is 29.2 Å². The Bertz CT molecular complexity index is 1060. The summed E-state index contributed by atoms with van der Waals surface area (Å²) in [5.74, 6) is 0.207. The van der Waals surface area contributed by atoms with Gasteiger partial charge in [0.05, 0.1) is 24.1 Å². The van der Waals surface area contributed by atoms with E-state index in [1.54, 1.807) is 42.3 Å². The Labute approximate surface area is 205 Å². The van der Waals surface area contributed by atoms with Gasteiger partial charge in [-0.1, -0.05) is 25.1 Å². The summed E-state index contributed by atoms with van der Waals surface area (Å²) in [6.07, 6.45) is 2.06. The zero-order chi connectivity index (χ0) is 24.8. The summed E-state index contributed by atoms with van der Waals surface area (Å²) in [7, 11) is 1.76. The zero-order valence-corrected chi connectivity index (χ0v) is 20.1. The molecule has 1 fully saturated rings. The number of carbonyl (C=O) groups excluding carboxylic acids is 3. The van der Waals surface area contributed by atoms with Gasteiger partial charge in [-0.2, -0.15) is 0 Å². The predicted octanol–water partition coefficient (Wildman–Crippen LogP) is 3.63. The van der Waals surface area contributed by atoms with Crippen LogP contribution in [0.15, 0.2) is 48.5 Å². The number of fused-ring (bicyclic) bond motifs is 2. The highest BCUT2D eigenvalue weighted by Crippen LogP contribution is 2.32. The smallest absolute Gasteiger partial charge is 0.323 e. The van der Waals surface area contributed by atoms with Gasteiger partial charge in [0, 0.05) is 25.0 Å². The van der Waals surface area contributed by atoms with Gasteiger partial charge in [-0.25, -0.2) is 4.79 Å². The lowest BCUT2D eigenvalue weighted by molar-refractivity contribution is -0.134. The maximum atomic E-state index is 13.3. The molecule has 3 atom stereocenters. The molecule has 2 aromatic rings. The number of carbonyl (C=O) groups is 3. The number of rotatable bonds is 6. The summed E-state index contributed by atoms with van der Waals surface area (Å²) in [5, 5.41) is 8.41. The topological polar surface area (TPSA) is 109 Å². The van der Waals surface area contributed by atoms with Crippen molar-refractivity contribution < 1.29 is 23.9 Å². The van der Waals surface area contributed by atoms with Crippen molar-refractivity contribution in [3.63, 3.8) is 0 Å². The fourth-order valence-corrected chi connectivity index (χ4v) is 4.46. The minimum atomic E-state index is -0.404. The molecule has 4 amide bonds. The molecular formula is C26H32N4O5. The molecule has 1 saturated heterocycles. The molecule has 2 heterocycles.